The molecule has 1 heterocycles. The van der Waals surface area contributed by atoms with Crippen LogP contribution in [0, 0.1) is 11.6 Å². The highest BCUT2D eigenvalue weighted by molar-refractivity contribution is 5.86. The lowest BCUT2D eigenvalue weighted by Crippen LogP contribution is -2.49. The number of carbonyl (C=O) groups excluding carboxylic acids is 1. The van der Waals surface area contributed by atoms with E-state index < -0.39 is 11.6 Å². The zero-order valence-corrected chi connectivity index (χ0v) is 18.0. The SMILES string of the molecule is C[C@@H](NCC1CN(Cc2c(F)cccc2F)C(=O)CO1)c1cccc2ccccc12.Cl. The lowest BCUT2D eigenvalue weighted by Gasteiger charge is -2.33. The Kier molecular flexibility index (Phi) is 7.59. The number of fused-ring (bicyclic) bond motifs is 1. The fourth-order valence-electron chi connectivity index (χ4n) is 3.88. The summed E-state index contributed by atoms with van der Waals surface area (Å²) < 4.78 is 33.6. The van der Waals surface area contributed by atoms with Crippen LogP contribution in [0.5, 0.6) is 0 Å². The smallest absolute Gasteiger partial charge is 0.248 e. The van der Waals surface area contributed by atoms with Gasteiger partial charge in [0.1, 0.15) is 18.2 Å². The summed E-state index contributed by atoms with van der Waals surface area (Å²) in [6.45, 7) is 2.69. The summed E-state index contributed by atoms with van der Waals surface area (Å²) in [5.74, 6) is -1.56. The summed E-state index contributed by atoms with van der Waals surface area (Å²) in [4.78, 5) is 13.7. The van der Waals surface area contributed by atoms with E-state index in [0.29, 0.717) is 6.54 Å². The van der Waals surface area contributed by atoms with Crippen LogP contribution in [0.25, 0.3) is 10.8 Å². The van der Waals surface area contributed by atoms with Crippen molar-refractivity contribution in [3.8, 4) is 0 Å². The van der Waals surface area contributed by atoms with Crippen molar-refractivity contribution in [3.05, 3.63) is 83.4 Å². The highest BCUT2D eigenvalue weighted by atomic mass is 35.5. The molecule has 4 rings (SSSR count). The molecule has 31 heavy (non-hydrogen) atoms. The Bertz CT molecular complexity index is 1040. The first-order valence-corrected chi connectivity index (χ1v) is 10.1. The molecule has 0 aromatic heterocycles. The molecule has 3 aromatic carbocycles. The normalized spacial score (nSPS) is 17.5. The van der Waals surface area contributed by atoms with E-state index >= 15 is 0 Å². The zero-order valence-electron chi connectivity index (χ0n) is 17.2. The minimum Gasteiger partial charge on any atom is -0.365 e. The van der Waals surface area contributed by atoms with Crippen LogP contribution in [-0.2, 0) is 16.1 Å². The topological polar surface area (TPSA) is 41.6 Å². The predicted octanol–water partition coefficient (Wildman–Crippen LogP) is 4.62. The number of amides is 1. The van der Waals surface area contributed by atoms with Crippen LogP contribution in [-0.4, -0.2) is 36.6 Å². The molecule has 3 aromatic rings. The zero-order chi connectivity index (χ0) is 21.1. The van der Waals surface area contributed by atoms with Crippen LogP contribution >= 0.6 is 12.4 Å². The number of morpholine rings is 1. The fraction of sp³-hybridized carbons (Fsp3) is 0.292. The quantitative estimate of drug-likeness (QED) is 0.600. The first kappa shape index (κ1) is 23.1. The highest BCUT2D eigenvalue weighted by Crippen LogP contribution is 2.24. The van der Waals surface area contributed by atoms with Gasteiger partial charge < -0.3 is 15.0 Å². The molecule has 164 valence electrons. The standard InChI is InChI=1S/C24H24F2N2O2.ClH/c1-16(19-9-4-7-17-6-2-3-8-20(17)19)27-12-18-13-28(24(29)15-30-18)14-21-22(25)10-5-11-23(21)26;/h2-11,16,18,27H,12-15H2,1H3;1H/t16-,18?;/m1./s1. The van der Waals surface area contributed by atoms with E-state index in [2.05, 4.69) is 36.5 Å². The molecule has 4 nitrogen and oxygen atoms in total. The van der Waals surface area contributed by atoms with Crippen molar-refractivity contribution < 1.29 is 18.3 Å². The van der Waals surface area contributed by atoms with E-state index in [1.165, 1.54) is 39.4 Å². The third kappa shape index (κ3) is 5.21. The van der Waals surface area contributed by atoms with Gasteiger partial charge in [0, 0.05) is 24.7 Å². The summed E-state index contributed by atoms with van der Waals surface area (Å²) >= 11 is 0. The molecular weight excluding hydrogens is 422 g/mol. The van der Waals surface area contributed by atoms with E-state index in [9.17, 15) is 13.6 Å². The van der Waals surface area contributed by atoms with Crippen LogP contribution in [0.3, 0.4) is 0 Å². The van der Waals surface area contributed by atoms with Gasteiger partial charge in [0.25, 0.3) is 0 Å². The average Bonchev–Trinajstić information content (AvgIpc) is 2.76. The first-order valence-electron chi connectivity index (χ1n) is 10.1. The molecule has 0 spiro atoms. The van der Waals surface area contributed by atoms with Crippen LogP contribution in [0.2, 0.25) is 0 Å². The minimum absolute atomic E-state index is 0. The maximum Gasteiger partial charge on any atom is 0.248 e. The van der Waals surface area contributed by atoms with E-state index in [0.717, 1.165) is 0 Å². The van der Waals surface area contributed by atoms with E-state index in [4.69, 9.17) is 4.74 Å². The maximum absolute atomic E-state index is 14.0. The molecule has 0 aliphatic carbocycles. The van der Waals surface area contributed by atoms with Crippen molar-refractivity contribution in [2.45, 2.75) is 25.6 Å². The van der Waals surface area contributed by atoms with Crippen molar-refractivity contribution >= 4 is 29.1 Å². The van der Waals surface area contributed by atoms with Crippen LogP contribution in [0.1, 0.15) is 24.1 Å². The summed E-state index contributed by atoms with van der Waals surface area (Å²) in [7, 11) is 0. The number of halogens is 3. The van der Waals surface area contributed by atoms with Gasteiger partial charge in [0.15, 0.2) is 0 Å². The van der Waals surface area contributed by atoms with Crippen LogP contribution < -0.4 is 5.32 Å². The Morgan fingerprint density at radius 2 is 1.74 bits per heavy atom. The summed E-state index contributed by atoms with van der Waals surface area (Å²) in [5.41, 5.74) is 1.09. The number of rotatable bonds is 6. The van der Waals surface area contributed by atoms with Gasteiger partial charge >= 0.3 is 0 Å². The maximum atomic E-state index is 14.0. The van der Waals surface area contributed by atoms with Gasteiger partial charge in [-0.15, -0.1) is 12.4 Å². The van der Waals surface area contributed by atoms with Crippen LogP contribution in [0.15, 0.2) is 60.7 Å². The molecule has 1 aliphatic heterocycles. The molecule has 0 saturated carbocycles. The van der Waals surface area contributed by atoms with Gasteiger partial charge in [-0.25, -0.2) is 8.78 Å². The molecular formula is C24H25ClF2N2O2. The van der Waals surface area contributed by atoms with Crippen molar-refractivity contribution in [1.29, 1.82) is 0 Å². The molecule has 1 aliphatic rings. The van der Waals surface area contributed by atoms with Gasteiger partial charge in [-0.3, -0.25) is 4.79 Å². The fourth-order valence-corrected chi connectivity index (χ4v) is 3.88. The number of hydrogen-bond donors (Lipinski definition) is 1. The second-order valence-electron chi connectivity index (χ2n) is 7.61. The Hall–Kier alpha value is -2.54. The molecule has 1 fully saturated rings. The lowest BCUT2D eigenvalue weighted by molar-refractivity contribution is -0.149. The minimum atomic E-state index is -0.645. The van der Waals surface area contributed by atoms with E-state index in [1.807, 2.05) is 18.2 Å². The monoisotopic (exact) mass is 446 g/mol. The van der Waals surface area contributed by atoms with Gasteiger partial charge in [-0.2, -0.15) is 0 Å². The van der Waals surface area contributed by atoms with Gasteiger partial charge in [-0.1, -0.05) is 48.5 Å². The van der Waals surface area contributed by atoms with E-state index in [1.54, 1.807) is 0 Å². The molecule has 0 bridgehead atoms. The molecule has 1 saturated heterocycles. The first-order chi connectivity index (χ1) is 14.5. The highest BCUT2D eigenvalue weighted by Gasteiger charge is 2.28. The molecule has 1 unspecified atom stereocenters. The molecule has 7 heteroatoms. The Morgan fingerprint density at radius 3 is 2.52 bits per heavy atom. The second kappa shape index (κ2) is 10.2. The van der Waals surface area contributed by atoms with E-state index in [-0.39, 0.29) is 55.7 Å². The average molecular weight is 447 g/mol. The molecule has 1 N–H and O–H groups in total. The summed E-state index contributed by atoms with van der Waals surface area (Å²) in [6.07, 6.45) is -0.255. The lowest BCUT2D eigenvalue weighted by atomic mass is 9.99. The molecule has 0 radical (unpaired) electrons. The van der Waals surface area contributed by atoms with Gasteiger partial charge in [0.05, 0.1) is 12.6 Å². The number of nitrogens with zero attached hydrogens (tertiary/aromatic N) is 1. The van der Waals surface area contributed by atoms with Crippen molar-refractivity contribution in [2.24, 2.45) is 0 Å². The summed E-state index contributed by atoms with van der Waals surface area (Å²) in [5, 5.41) is 5.84. The summed E-state index contributed by atoms with van der Waals surface area (Å²) in [6, 6.07) is 18.2. The number of hydrogen-bond acceptors (Lipinski definition) is 3. The third-order valence-corrected chi connectivity index (χ3v) is 5.57. The largest absolute Gasteiger partial charge is 0.365 e. The number of benzene rings is 3. The molecule has 2 atom stereocenters. The Morgan fingerprint density at radius 1 is 1.06 bits per heavy atom. The van der Waals surface area contributed by atoms with Crippen molar-refractivity contribution in [3.63, 3.8) is 0 Å². The molecule has 1 amide bonds. The Balaban J connectivity index is 0.00000272. The van der Waals surface area contributed by atoms with Crippen molar-refractivity contribution in [1.82, 2.24) is 10.2 Å². The van der Waals surface area contributed by atoms with Gasteiger partial charge in [0.2, 0.25) is 5.91 Å². The van der Waals surface area contributed by atoms with Crippen LogP contribution in [0.4, 0.5) is 8.78 Å². The van der Waals surface area contributed by atoms with Crippen molar-refractivity contribution in [2.75, 3.05) is 19.7 Å². The predicted molar refractivity (Wildman–Crippen MR) is 119 cm³/mol. The third-order valence-electron chi connectivity index (χ3n) is 5.57. The Labute approximate surface area is 186 Å². The number of carbonyl (C=O) groups is 1. The van der Waals surface area contributed by atoms with Gasteiger partial charge in [-0.05, 0) is 35.4 Å². The number of ether oxygens (including phenoxy) is 1. The second-order valence-corrected chi connectivity index (χ2v) is 7.61. The number of nitrogens with one attached hydrogen (secondary N) is 1.